The highest BCUT2D eigenvalue weighted by Gasteiger charge is 2.38. The molecular weight excluding hydrogens is 475 g/mol. The van der Waals surface area contributed by atoms with Crippen molar-refractivity contribution in [2.24, 2.45) is 0 Å². The van der Waals surface area contributed by atoms with E-state index in [2.05, 4.69) is 5.10 Å². The van der Waals surface area contributed by atoms with Crippen molar-refractivity contribution in [2.45, 2.75) is 12.8 Å². The summed E-state index contributed by atoms with van der Waals surface area (Å²) >= 11 is 5.87. The third-order valence-electron chi connectivity index (χ3n) is 4.96. The molecule has 4 aromatic rings. The lowest BCUT2D eigenvalue weighted by Gasteiger charge is -2.11. The average molecular weight is 490 g/mol. The Kier molecular flexibility index (Phi) is 6.16. The zero-order chi connectivity index (χ0) is 24.5. The van der Waals surface area contributed by atoms with Crippen molar-refractivity contribution in [3.63, 3.8) is 0 Å². The normalized spacial score (nSPS) is 11.4. The molecule has 0 aliphatic rings. The molecule has 0 fully saturated rings. The Hall–Kier alpha value is -4.05. The van der Waals surface area contributed by atoms with Crippen molar-refractivity contribution in [1.82, 2.24) is 10.2 Å². The van der Waals surface area contributed by atoms with E-state index in [0.717, 1.165) is 0 Å². The van der Waals surface area contributed by atoms with Crippen LogP contribution in [-0.2, 0) is 12.8 Å². The molecule has 11 heteroatoms. The molecule has 0 saturated heterocycles. The first-order valence-electron chi connectivity index (χ1n) is 9.74. The van der Waals surface area contributed by atoms with E-state index < -0.39 is 16.8 Å². The van der Waals surface area contributed by atoms with Crippen molar-refractivity contribution in [3.8, 4) is 33.9 Å². The molecule has 1 aromatic heterocycles. The van der Waals surface area contributed by atoms with Gasteiger partial charge in [-0.15, -0.1) is 0 Å². The number of nitro groups is 1. The second-order valence-corrected chi connectivity index (χ2v) is 7.65. The number of hydrogen-bond acceptors (Lipinski definition) is 5. The van der Waals surface area contributed by atoms with Gasteiger partial charge in [-0.2, -0.15) is 18.3 Å². The summed E-state index contributed by atoms with van der Waals surface area (Å²) in [7, 11) is 0. The number of phenols is 1. The smallest absolute Gasteiger partial charge is 0.433 e. The highest BCUT2D eigenvalue weighted by atomic mass is 35.5. The van der Waals surface area contributed by atoms with Gasteiger partial charge in [-0.25, -0.2) is 0 Å². The van der Waals surface area contributed by atoms with Crippen molar-refractivity contribution in [3.05, 3.63) is 93.1 Å². The maximum atomic E-state index is 13.6. The van der Waals surface area contributed by atoms with Gasteiger partial charge < -0.3 is 9.84 Å². The van der Waals surface area contributed by atoms with Crippen LogP contribution in [0.1, 0.15) is 11.3 Å². The Balaban J connectivity index is 1.63. The van der Waals surface area contributed by atoms with E-state index in [-0.39, 0.29) is 46.2 Å². The highest BCUT2D eigenvalue weighted by Crippen LogP contribution is 2.44. The van der Waals surface area contributed by atoms with Crippen LogP contribution in [0.5, 0.6) is 11.5 Å². The van der Waals surface area contributed by atoms with E-state index in [1.807, 2.05) is 5.10 Å². The number of nitrogens with zero attached hydrogens (tertiary/aromatic N) is 2. The number of phenolic OH excluding ortho intramolecular Hbond substituents is 1. The summed E-state index contributed by atoms with van der Waals surface area (Å²) < 4.78 is 46.5. The zero-order valence-corrected chi connectivity index (χ0v) is 17.9. The van der Waals surface area contributed by atoms with E-state index >= 15 is 0 Å². The van der Waals surface area contributed by atoms with Crippen LogP contribution in [0, 0.1) is 10.1 Å². The fraction of sp³-hybridized carbons (Fsp3) is 0.0870. The topological polar surface area (TPSA) is 101 Å². The van der Waals surface area contributed by atoms with E-state index in [1.165, 1.54) is 66.7 Å². The molecule has 174 valence electrons. The molecular formula is C23H15ClF3N3O4. The summed E-state index contributed by atoms with van der Waals surface area (Å²) in [5, 5.41) is 27.5. The number of rotatable bonds is 6. The maximum Gasteiger partial charge on any atom is 0.433 e. The number of alkyl halides is 3. The Bertz CT molecular complexity index is 1340. The number of ether oxygens (including phenoxy) is 1. The number of non-ortho nitro benzene ring substituents is 1. The molecule has 0 bridgehead atoms. The second kappa shape index (κ2) is 9.06. The van der Waals surface area contributed by atoms with Gasteiger partial charge in [-0.1, -0.05) is 23.7 Å². The predicted octanol–water partition coefficient (Wildman–Crippen LogP) is 6.61. The average Bonchev–Trinajstić information content (AvgIpc) is 3.24. The van der Waals surface area contributed by atoms with Crippen molar-refractivity contribution in [1.29, 1.82) is 0 Å². The van der Waals surface area contributed by atoms with Gasteiger partial charge in [0.15, 0.2) is 0 Å². The minimum Gasteiger partial charge on any atom is -0.507 e. The van der Waals surface area contributed by atoms with Crippen molar-refractivity contribution >= 4 is 17.3 Å². The van der Waals surface area contributed by atoms with E-state index in [1.54, 1.807) is 0 Å². The number of nitro benzene ring substituents is 1. The molecule has 0 aliphatic heterocycles. The van der Waals surface area contributed by atoms with E-state index in [9.17, 15) is 28.4 Å². The molecule has 3 aromatic carbocycles. The summed E-state index contributed by atoms with van der Waals surface area (Å²) in [6, 6.07) is 15.7. The minimum absolute atomic E-state index is 0.0560. The quantitative estimate of drug-likeness (QED) is 0.234. The maximum absolute atomic E-state index is 13.6. The lowest BCUT2D eigenvalue weighted by molar-refractivity contribution is -0.384. The van der Waals surface area contributed by atoms with Gasteiger partial charge in [-0.3, -0.25) is 15.2 Å². The third kappa shape index (κ3) is 4.81. The summed E-state index contributed by atoms with van der Waals surface area (Å²) in [4.78, 5) is 10.2. The molecule has 0 amide bonds. The Labute approximate surface area is 195 Å². The molecule has 34 heavy (non-hydrogen) atoms. The minimum atomic E-state index is -4.70. The van der Waals surface area contributed by atoms with Gasteiger partial charge in [0.2, 0.25) is 0 Å². The van der Waals surface area contributed by atoms with Gasteiger partial charge in [0.1, 0.15) is 29.5 Å². The molecule has 0 spiro atoms. The standard InChI is InChI=1S/C23H15ClF3N3O4/c24-15-5-3-14(4-6-15)20-21(28-29-22(20)23(25,26)27)18-10-9-17(11-19(18)31)34-12-13-1-7-16(8-2-13)30(32)33/h1-11,31H,12H2,(H,28,29). The molecule has 0 aliphatic carbocycles. The van der Waals surface area contributed by atoms with Crippen molar-refractivity contribution in [2.75, 3.05) is 0 Å². The van der Waals surface area contributed by atoms with Gasteiger partial charge >= 0.3 is 6.18 Å². The van der Waals surface area contributed by atoms with Crippen LogP contribution in [-0.4, -0.2) is 20.2 Å². The molecule has 1 heterocycles. The van der Waals surface area contributed by atoms with Gasteiger partial charge in [-0.05, 0) is 47.5 Å². The van der Waals surface area contributed by atoms with E-state index in [0.29, 0.717) is 10.6 Å². The van der Waals surface area contributed by atoms with Crippen LogP contribution in [0.2, 0.25) is 5.02 Å². The molecule has 7 nitrogen and oxygen atoms in total. The number of benzene rings is 3. The SMILES string of the molecule is O=[N+]([O-])c1ccc(COc2ccc(-c3n[nH]c(C(F)(F)F)c3-c3ccc(Cl)cc3)c(O)c2)cc1. The van der Waals surface area contributed by atoms with Crippen LogP contribution >= 0.6 is 11.6 Å². The molecule has 2 N–H and O–H groups in total. The number of nitrogens with one attached hydrogen (secondary N) is 1. The van der Waals surface area contributed by atoms with Crippen LogP contribution in [0.4, 0.5) is 18.9 Å². The molecule has 0 radical (unpaired) electrons. The highest BCUT2D eigenvalue weighted by molar-refractivity contribution is 6.30. The fourth-order valence-corrected chi connectivity index (χ4v) is 3.45. The van der Waals surface area contributed by atoms with Crippen LogP contribution in [0.3, 0.4) is 0 Å². The summed E-state index contributed by atoms with van der Waals surface area (Å²) in [5.74, 6) is -0.0872. The molecule has 4 rings (SSSR count). The molecule has 0 unspecified atom stereocenters. The Morgan fingerprint density at radius 1 is 1.06 bits per heavy atom. The van der Waals surface area contributed by atoms with Gasteiger partial charge in [0, 0.05) is 34.3 Å². The van der Waals surface area contributed by atoms with Crippen LogP contribution in [0.25, 0.3) is 22.4 Å². The second-order valence-electron chi connectivity index (χ2n) is 7.22. The number of H-pyrrole nitrogens is 1. The first-order valence-corrected chi connectivity index (χ1v) is 10.1. The predicted molar refractivity (Wildman–Crippen MR) is 119 cm³/mol. The lowest BCUT2D eigenvalue weighted by Crippen LogP contribution is -2.07. The van der Waals surface area contributed by atoms with Gasteiger partial charge in [0.25, 0.3) is 5.69 Å². The number of aromatic amines is 1. The summed E-state index contributed by atoms with van der Waals surface area (Å²) in [5.41, 5.74) is -0.477. The third-order valence-corrected chi connectivity index (χ3v) is 5.21. The largest absolute Gasteiger partial charge is 0.507 e. The van der Waals surface area contributed by atoms with Gasteiger partial charge in [0.05, 0.1) is 4.92 Å². The summed E-state index contributed by atoms with van der Waals surface area (Å²) in [6.07, 6.45) is -4.70. The number of aromatic nitrogens is 2. The lowest BCUT2D eigenvalue weighted by atomic mass is 9.98. The van der Waals surface area contributed by atoms with Crippen LogP contribution in [0.15, 0.2) is 66.7 Å². The Morgan fingerprint density at radius 2 is 1.74 bits per heavy atom. The van der Waals surface area contributed by atoms with E-state index in [4.69, 9.17) is 16.3 Å². The molecule has 0 saturated carbocycles. The number of halogens is 4. The first-order chi connectivity index (χ1) is 16.1. The molecule has 0 atom stereocenters. The summed E-state index contributed by atoms with van der Waals surface area (Å²) in [6.45, 7) is 0.0629. The van der Waals surface area contributed by atoms with Crippen molar-refractivity contribution < 1.29 is 27.9 Å². The number of aromatic hydroxyl groups is 1. The first kappa shape index (κ1) is 23.1. The monoisotopic (exact) mass is 489 g/mol. The number of hydrogen-bond donors (Lipinski definition) is 2. The van der Waals surface area contributed by atoms with Crippen LogP contribution < -0.4 is 4.74 Å². The Morgan fingerprint density at radius 3 is 2.32 bits per heavy atom. The fourth-order valence-electron chi connectivity index (χ4n) is 3.32. The zero-order valence-electron chi connectivity index (χ0n) is 17.1.